The average molecular weight is 416 g/mol. The molecule has 3 amide bonds. The highest BCUT2D eigenvalue weighted by Gasteiger charge is 2.32. The second-order valence-corrected chi connectivity index (χ2v) is 6.94. The van der Waals surface area contributed by atoms with Crippen LogP contribution >= 0.6 is 0 Å². The predicted octanol–water partition coefficient (Wildman–Crippen LogP) is -2.46. The van der Waals surface area contributed by atoms with Crippen molar-refractivity contribution in [2.75, 3.05) is 6.54 Å². The van der Waals surface area contributed by atoms with E-state index in [0.717, 1.165) is 6.42 Å². The van der Waals surface area contributed by atoms with E-state index in [9.17, 15) is 29.1 Å². The molecule has 164 valence electrons. The monoisotopic (exact) mass is 416 g/mol. The molecule has 12 heteroatoms. The predicted molar refractivity (Wildman–Crippen MR) is 98.7 cm³/mol. The fourth-order valence-electron chi connectivity index (χ4n) is 2.76. The third-order valence-electron chi connectivity index (χ3n) is 4.45. The maximum absolute atomic E-state index is 12.3. The van der Waals surface area contributed by atoms with Gasteiger partial charge in [-0.05, 0) is 39.7 Å². The van der Waals surface area contributed by atoms with Crippen molar-refractivity contribution in [3.05, 3.63) is 0 Å². The Morgan fingerprint density at radius 2 is 1.69 bits per heavy atom. The standard InChI is InChI=1S/C17H28N4O8/c1-8(19-15(26)10-4-3-7-18-10)14(25)21-13(9(2)22)16(27)20-11(17(28)29)5-6-12(23)24/h8-11,13,18,22H,3-7H2,1-2H3,(H,19,26)(H,20,27)(H,21,25)(H,23,24)(H,28,29). The molecule has 0 saturated carbocycles. The van der Waals surface area contributed by atoms with Crippen molar-refractivity contribution in [1.82, 2.24) is 21.3 Å². The number of carboxylic acid groups (broad SMARTS) is 2. The second kappa shape index (κ2) is 11.3. The lowest BCUT2D eigenvalue weighted by molar-refractivity contribution is -0.144. The Labute approximate surface area is 167 Å². The van der Waals surface area contributed by atoms with Crippen molar-refractivity contribution < 1.29 is 39.3 Å². The number of amides is 3. The van der Waals surface area contributed by atoms with Crippen LogP contribution in [0.3, 0.4) is 0 Å². The first-order valence-corrected chi connectivity index (χ1v) is 9.30. The molecule has 0 aromatic carbocycles. The zero-order valence-corrected chi connectivity index (χ0v) is 16.3. The van der Waals surface area contributed by atoms with Crippen molar-refractivity contribution in [3.63, 3.8) is 0 Å². The third-order valence-corrected chi connectivity index (χ3v) is 4.45. The molecule has 1 rings (SSSR count). The van der Waals surface area contributed by atoms with Gasteiger partial charge >= 0.3 is 11.9 Å². The molecule has 5 unspecified atom stereocenters. The summed E-state index contributed by atoms with van der Waals surface area (Å²) in [7, 11) is 0. The summed E-state index contributed by atoms with van der Waals surface area (Å²) in [5.74, 6) is -4.76. The maximum atomic E-state index is 12.3. The van der Waals surface area contributed by atoms with Crippen molar-refractivity contribution in [2.45, 2.75) is 69.8 Å². The van der Waals surface area contributed by atoms with Gasteiger partial charge in [-0.15, -0.1) is 0 Å². The lowest BCUT2D eigenvalue weighted by Crippen LogP contribution is -2.59. The van der Waals surface area contributed by atoms with E-state index in [4.69, 9.17) is 10.2 Å². The summed E-state index contributed by atoms with van der Waals surface area (Å²) in [5, 5.41) is 37.5. The van der Waals surface area contributed by atoms with Crippen molar-refractivity contribution >= 4 is 29.7 Å². The van der Waals surface area contributed by atoms with Gasteiger partial charge in [0.15, 0.2) is 0 Å². The quantitative estimate of drug-likeness (QED) is 0.191. The van der Waals surface area contributed by atoms with Gasteiger partial charge in [0, 0.05) is 6.42 Å². The summed E-state index contributed by atoms with van der Waals surface area (Å²) in [6.45, 7) is 3.34. The molecule has 0 aliphatic carbocycles. The largest absolute Gasteiger partial charge is 0.481 e. The SMILES string of the molecule is CC(NC(=O)C1CCCN1)C(=O)NC(C(=O)NC(CCC(=O)O)C(=O)O)C(C)O. The summed E-state index contributed by atoms with van der Waals surface area (Å²) in [6, 6.07) is -4.38. The molecule has 1 aliphatic rings. The smallest absolute Gasteiger partial charge is 0.326 e. The first-order chi connectivity index (χ1) is 13.5. The summed E-state index contributed by atoms with van der Waals surface area (Å²) in [5.41, 5.74) is 0. The van der Waals surface area contributed by atoms with Gasteiger partial charge in [0.2, 0.25) is 17.7 Å². The Morgan fingerprint density at radius 1 is 1.03 bits per heavy atom. The first-order valence-electron chi connectivity index (χ1n) is 9.30. The molecular weight excluding hydrogens is 388 g/mol. The van der Waals surface area contributed by atoms with Crippen LogP contribution in [0.15, 0.2) is 0 Å². The average Bonchev–Trinajstić information content (AvgIpc) is 3.16. The zero-order valence-electron chi connectivity index (χ0n) is 16.3. The number of hydrogen-bond donors (Lipinski definition) is 7. The van der Waals surface area contributed by atoms with E-state index >= 15 is 0 Å². The Morgan fingerprint density at radius 3 is 2.17 bits per heavy atom. The summed E-state index contributed by atoms with van der Waals surface area (Å²) < 4.78 is 0. The van der Waals surface area contributed by atoms with Gasteiger partial charge in [0.05, 0.1) is 12.1 Å². The van der Waals surface area contributed by atoms with E-state index in [0.29, 0.717) is 13.0 Å². The van der Waals surface area contributed by atoms with Gasteiger partial charge in [-0.1, -0.05) is 0 Å². The number of hydrogen-bond acceptors (Lipinski definition) is 7. The van der Waals surface area contributed by atoms with E-state index < -0.39 is 60.4 Å². The number of carbonyl (C=O) groups excluding carboxylic acids is 3. The molecule has 7 N–H and O–H groups in total. The highest BCUT2D eigenvalue weighted by Crippen LogP contribution is 2.05. The number of nitrogens with one attached hydrogen (secondary N) is 4. The molecule has 0 aromatic heterocycles. The number of rotatable bonds is 11. The van der Waals surface area contributed by atoms with Crippen LogP contribution in [0.1, 0.15) is 39.5 Å². The third kappa shape index (κ3) is 8.03. The van der Waals surface area contributed by atoms with E-state index in [2.05, 4.69) is 21.3 Å². The molecule has 29 heavy (non-hydrogen) atoms. The Bertz CT molecular complexity index is 633. The number of aliphatic carboxylic acids is 2. The Kier molecular flexibility index (Phi) is 9.48. The fraction of sp³-hybridized carbons (Fsp3) is 0.706. The molecule has 0 aromatic rings. The summed E-state index contributed by atoms with van der Waals surface area (Å²) >= 11 is 0. The van der Waals surface area contributed by atoms with Crippen molar-refractivity contribution in [3.8, 4) is 0 Å². The van der Waals surface area contributed by atoms with Crippen LogP contribution in [-0.4, -0.2) is 81.8 Å². The number of aliphatic hydroxyl groups excluding tert-OH is 1. The van der Waals surface area contributed by atoms with E-state index in [-0.39, 0.29) is 12.3 Å². The van der Waals surface area contributed by atoms with Gasteiger partial charge in [-0.3, -0.25) is 19.2 Å². The fourth-order valence-corrected chi connectivity index (χ4v) is 2.76. The minimum atomic E-state index is -1.50. The number of carboxylic acids is 2. The van der Waals surface area contributed by atoms with E-state index in [1.165, 1.54) is 13.8 Å². The van der Waals surface area contributed by atoms with E-state index in [1.807, 2.05) is 0 Å². The number of carbonyl (C=O) groups is 5. The van der Waals surface area contributed by atoms with Crippen molar-refractivity contribution in [2.24, 2.45) is 0 Å². The summed E-state index contributed by atoms with van der Waals surface area (Å²) in [4.78, 5) is 58.5. The topological polar surface area (TPSA) is 194 Å². The van der Waals surface area contributed by atoms with Crippen LogP contribution < -0.4 is 21.3 Å². The molecule has 5 atom stereocenters. The zero-order chi connectivity index (χ0) is 22.1. The van der Waals surface area contributed by atoms with Crippen LogP contribution in [0.4, 0.5) is 0 Å². The van der Waals surface area contributed by atoms with Gasteiger partial charge in [0.25, 0.3) is 0 Å². The minimum absolute atomic E-state index is 0.359. The molecule has 1 aliphatic heterocycles. The summed E-state index contributed by atoms with van der Waals surface area (Å²) in [6.07, 6.45) is -0.729. The molecule has 0 radical (unpaired) electrons. The first kappa shape index (κ1) is 24.3. The van der Waals surface area contributed by atoms with Crippen LogP contribution in [-0.2, 0) is 24.0 Å². The maximum Gasteiger partial charge on any atom is 0.326 e. The van der Waals surface area contributed by atoms with Crippen LogP contribution in [0, 0.1) is 0 Å². The van der Waals surface area contributed by atoms with Gasteiger partial charge in [-0.2, -0.15) is 0 Å². The molecule has 1 saturated heterocycles. The normalized spacial score (nSPS) is 20.0. The van der Waals surface area contributed by atoms with Gasteiger partial charge in [-0.25, -0.2) is 4.79 Å². The molecule has 12 nitrogen and oxygen atoms in total. The Balaban J connectivity index is 2.68. The molecular formula is C17H28N4O8. The number of aliphatic hydroxyl groups is 1. The highest BCUT2D eigenvalue weighted by atomic mass is 16.4. The van der Waals surface area contributed by atoms with Crippen LogP contribution in [0.2, 0.25) is 0 Å². The van der Waals surface area contributed by atoms with E-state index in [1.54, 1.807) is 0 Å². The minimum Gasteiger partial charge on any atom is -0.481 e. The van der Waals surface area contributed by atoms with Crippen molar-refractivity contribution in [1.29, 1.82) is 0 Å². The second-order valence-electron chi connectivity index (χ2n) is 6.94. The van der Waals surface area contributed by atoms with Gasteiger partial charge < -0.3 is 36.6 Å². The van der Waals surface area contributed by atoms with Crippen LogP contribution in [0.5, 0.6) is 0 Å². The molecule has 1 heterocycles. The molecule has 1 fully saturated rings. The molecule has 0 spiro atoms. The highest BCUT2D eigenvalue weighted by molar-refractivity contribution is 5.94. The lowest BCUT2D eigenvalue weighted by Gasteiger charge is -2.25. The lowest BCUT2D eigenvalue weighted by atomic mass is 10.1. The molecule has 0 bridgehead atoms. The Hall–Kier alpha value is -2.73. The van der Waals surface area contributed by atoms with Gasteiger partial charge in [0.1, 0.15) is 18.1 Å². The van der Waals surface area contributed by atoms with Crippen LogP contribution in [0.25, 0.3) is 0 Å².